The van der Waals surface area contributed by atoms with Gasteiger partial charge in [0.25, 0.3) is 0 Å². The van der Waals surface area contributed by atoms with Gasteiger partial charge in [-0.25, -0.2) is 9.97 Å². The first-order valence-electron chi connectivity index (χ1n) is 11.2. The summed E-state index contributed by atoms with van der Waals surface area (Å²) in [6, 6.07) is 8.06. The van der Waals surface area contributed by atoms with Crippen LogP contribution in [0.25, 0.3) is 27.1 Å². The fraction of sp³-hybridized carbons (Fsp3) is 0.417. The van der Waals surface area contributed by atoms with Crippen LogP contribution in [0.5, 0.6) is 0 Å². The van der Waals surface area contributed by atoms with Crippen molar-refractivity contribution >= 4 is 32.3 Å². The van der Waals surface area contributed by atoms with Crippen LogP contribution in [0.2, 0.25) is 0 Å². The monoisotopic (exact) mass is 443 g/mol. The molecule has 2 aliphatic rings. The minimum Gasteiger partial charge on any atom is -0.348 e. The number of pyridine rings is 2. The highest BCUT2D eigenvalue weighted by Crippen LogP contribution is 2.35. The number of anilines is 1. The molecule has 6 heterocycles. The predicted octanol–water partition coefficient (Wildman–Crippen LogP) is 4.30. The quantitative estimate of drug-likeness (QED) is 0.509. The van der Waals surface area contributed by atoms with Gasteiger partial charge in [0.1, 0.15) is 11.6 Å². The third kappa shape index (κ3) is 3.33. The molecule has 32 heavy (non-hydrogen) atoms. The molecule has 2 atom stereocenters. The summed E-state index contributed by atoms with van der Waals surface area (Å²) in [6.45, 7) is 1.93. The number of nitrogens with one attached hydrogen (secondary N) is 1. The summed E-state index contributed by atoms with van der Waals surface area (Å²) >= 11 is 1.72. The van der Waals surface area contributed by atoms with Crippen molar-refractivity contribution in [3.63, 3.8) is 0 Å². The molecule has 7 nitrogen and oxygen atoms in total. The second kappa shape index (κ2) is 7.54. The van der Waals surface area contributed by atoms with E-state index in [1.54, 1.807) is 11.3 Å². The largest absolute Gasteiger partial charge is 0.348 e. The summed E-state index contributed by atoms with van der Waals surface area (Å²) in [7, 11) is 2.19. The maximum Gasteiger partial charge on any atom is 0.186 e. The van der Waals surface area contributed by atoms with Gasteiger partial charge in [-0.05, 0) is 44.7 Å². The van der Waals surface area contributed by atoms with Gasteiger partial charge in [0.05, 0.1) is 27.8 Å². The van der Waals surface area contributed by atoms with Crippen molar-refractivity contribution in [1.82, 2.24) is 24.7 Å². The van der Waals surface area contributed by atoms with E-state index in [-0.39, 0.29) is 0 Å². The number of nitriles is 1. The number of thiazole rings is 1. The third-order valence-corrected chi connectivity index (χ3v) is 8.00. The molecule has 0 aromatic carbocycles. The molecular weight excluding hydrogens is 418 g/mol. The summed E-state index contributed by atoms with van der Waals surface area (Å²) in [4.78, 5) is 16.4. The van der Waals surface area contributed by atoms with Crippen LogP contribution < -0.4 is 10.2 Å². The number of hydrogen-bond donors (Lipinski definition) is 1. The van der Waals surface area contributed by atoms with Crippen molar-refractivity contribution in [2.75, 3.05) is 11.9 Å². The molecule has 2 fully saturated rings. The number of rotatable bonds is 3. The van der Waals surface area contributed by atoms with Crippen LogP contribution in [0.3, 0.4) is 0 Å². The number of piperidine rings is 2. The maximum absolute atomic E-state index is 9.59. The van der Waals surface area contributed by atoms with Crippen LogP contribution in [0.15, 0.2) is 30.7 Å². The predicted molar refractivity (Wildman–Crippen MR) is 127 cm³/mol. The van der Waals surface area contributed by atoms with Crippen molar-refractivity contribution in [2.45, 2.75) is 57.2 Å². The minimum atomic E-state index is 0.532. The van der Waals surface area contributed by atoms with Crippen molar-refractivity contribution in [1.29, 1.82) is 5.26 Å². The lowest BCUT2D eigenvalue weighted by Gasteiger charge is -2.43. The molecule has 0 amide bonds. The van der Waals surface area contributed by atoms with Gasteiger partial charge in [-0.2, -0.15) is 5.26 Å². The first-order chi connectivity index (χ1) is 15.6. The van der Waals surface area contributed by atoms with Gasteiger partial charge in [-0.3, -0.25) is 4.98 Å². The molecule has 162 valence electrons. The van der Waals surface area contributed by atoms with Gasteiger partial charge >= 0.3 is 0 Å². The van der Waals surface area contributed by atoms with E-state index in [1.165, 1.54) is 32.1 Å². The van der Waals surface area contributed by atoms with Crippen molar-refractivity contribution in [3.05, 3.63) is 42.0 Å². The number of aryl methyl sites for hydroxylation is 1. The Labute approximate surface area is 190 Å². The second-order valence-electron chi connectivity index (χ2n) is 9.13. The number of nitrogens with zero attached hydrogens (tertiary/aromatic N) is 6. The van der Waals surface area contributed by atoms with Gasteiger partial charge < -0.3 is 14.6 Å². The summed E-state index contributed by atoms with van der Waals surface area (Å²) in [5.74, 6) is 0. The highest BCUT2D eigenvalue weighted by Gasteiger charge is 2.33. The molecule has 0 saturated carbocycles. The van der Waals surface area contributed by atoms with Crippen molar-refractivity contribution in [2.24, 2.45) is 0 Å². The molecule has 2 unspecified atom stereocenters. The normalized spacial score (nSPS) is 22.8. The van der Waals surface area contributed by atoms with Crippen LogP contribution in [0.4, 0.5) is 5.13 Å². The van der Waals surface area contributed by atoms with E-state index in [2.05, 4.69) is 39.4 Å². The summed E-state index contributed by atoms with van der Waals surface area (Å²) in [5.41, 5.74) is 4.80. The summed E-state index contributed by atoms with van der Waals surface area (Å²) in [6.07, 6.45) is 12.1. The number of hydrogen-bond acceptors (Lipinski definition) is 7. The molecule has 0 radical (unpaired) electrons. The first kappa shape index (κ1) is 19.6. The Bertz CT molecular complexity index is 1350. The minimum absolute atomic E-state index is 0.532. The zero-order valence-corrected chi connectivity index (χ0v) is 19.1. The molecule has 2 bridgehead atoms. The summed E-state index contributed by atoms with van der Waals surface area (Å²) in [5, 5.41) is 14.4. The standard InChI is InChI=1S/C24H25N7S/c1-14-12-31-13-16(6-15(10-25)23(31)27-14)20-9-22-21(11-26-20)29-24(32-22)30(2)19-7-17-4-3-5-18(8-19)28-17/h6,9,11-13,17-19,28H,3-5,7-8H2,1-2H3. The Kier molecular flexibility index (Phi) is 4.63. The van der Waals surface area contributed by atoms with Crippen LogP contribution in [0, 0.1) is 18.3 Å². The zero-order valence-electron chi connectivity index (χ0n) is 18.2. The van der Waals surface area contributed by atoms with Crippen molar-refractivity contribution < 1.29 is 0 Å². The maximum atomic E-state index is 9.59. The smallest absolute Gasteiger partial charge is 0.186 e. The second-order valence-corrected chi connectivity index (χ2v) is 10.1. The van der Waals surface area contributed by atoms with Gasteiger partial charge in [-0.1, -0.05) is 17.8 Å². The molecule has 4 aromatic rings. The Balaban J connectivity index is 1.33. The van der Waals surface area contributed by atoms with Crippen LogP contribution in [0.1, 0.15) is 43.4 Å². The Morgan fingerprint density at radius 1 is 1.19 bits per heavy atom. The lowest BCUT2D eigenvalue weighted by Crippen LogP contribution is -2.54. The molecule has 0 aliphatic carbocycles. The van der Waals surface area contributed by atoms with Gasteiger partial charge in [0.2, 0.25) is 0 Å². The van der Waals surface area contributed by atoms with Crippen molar-refractivity contribution in [3.8, 4) is 17.3 Å². The average molecular weight is 444 g/mol. The van der Waals surface area contributed by atoms with Gasteiger partial charge in [0.15, 0.2) is 10.8 Å². The molecular formula is C24H25N7S. The molecule has 1 N–H and O–H groups in total. The van der Waals surface area contributed by atoms with Crippen LogP contribution >= 0.6 is 11.3 Å². The fourth-order valence-electron chi connectivity index (χ4n) is 5.28. The number of fused-ring (bicyclic) bond motifs is 4. The van der Waals surface area contributed by atoms with E-state index in [1.807, 2.05) is 36.0 Å². The van der Waals surface area contributed by atoms with Gasteiger partial charge in [-0.15, -0.1) is 0 Å². The molecule has 6 rings (SSSR count). The Hall–Kier alpha value is -3.02. The Morgan fingerprint density at radius 3 is 2.78 bits per heavy atom. The molecule has 2 aliphatic heterocycles. The van der Waals surface area contributed by atoms with Crippen LogP contribution in [-0.4, -0.2) is 44.5 Å². The lowest BCUT2D eigenvalue weighted by atomic mass is 9.83. The highest BCUT2D eigenvalue weighted by atomic mass is 32.1. The number of imidazole rings is 1. The highest BCUT2D eigenvalue weighted by molar-refractivity contribution is 7.22. The lowest BCUT2D eigenvalue weighted by molar-refractivity contribution is 0.219. The third-order valence-electron chi connectivity index (χ3n) is 6.89. The zero-order chi connectivity index (χ0) is 21.8. The van der Waals surface area contributed by atoms with E-state index in [4.69, 9.17) is 4.98 Å². The van der Waals surface area contributed by atoms with Gasteiger partial charge in [0, 0.05) is 43.1 Å². The fourth-order valence-corrected chi connectivity index (χ4v) is 6.29. The topological polar surface area (TPSA) is 82.1 Å². The van der Waals surface area contributed by atoms with E-state index < -0.39 is 0 Å². The number of aromatic nitrogens is 4. The molecule has 0 spiro atoms. The molecule has 8 heteroatoms. The average Bonchev–Trinajstić information content (AvgIpc) is 3.39. The van der Waals surface area contributed by atoms with E-state index in [0.717, 1.165) is 32.3 Å². The van der Waals surface area contributed by atoms with E-state index >= 15 is 0 Å². The first-order valence-corrected chi connectivity index (χ1v) is 12.0. The van der Waals surface area contributed by atoms with E-state index in [0.29, 0.717) is 29.3 Å². The Morgan fingerprint density at radius 2 is 2.00 bits per heavy atom. The molecule has 4 aromatic heterocycles. The SMILES string of the molecule is Cc1cn2cc(-c3cc4sc(N(C)C5CC6CCCC(C5)N6)nc4cn3)cc(C#N)c2n1. The summed E-state index contributed by atoms with van der Waals surface area (Å²) < 4.78 is 3.03. The van der Waals surface area contributed by atoms with Crippen LogP contribution in [-0.2, 0) is 0 Å². The molecule has 2 saturated heterocycles. The van der Waals surface area contributed by atoms with E-state index in [9.17, 15) is 5.26 Å².